The number of fused-ring (bicyclic) bond motifs is 2. The van der Waals surface area contributed by atoms with Gasteiger partial charge >= 0.3 is 0 Å². The number of anilines is 1. The fourth-order valence-electron chi connectivity index (χ4n) is 2.91. The smallest absolute Gasteiger partial charge is 0.256 e. The van der Waals surface area contributed by atoms with Crippen molar-refractivity contribution in [2.45, 2.75) is 0 Å². The highest BCUT2D eigenvalue weighted by Gasteiger charge is 2.32. The zero-order chi connectivity index (χ0) is 18.3. The Hall–Kier alpha value is -2.53. The molecule has 4 nitrogen and oxygen atoms in total. The average molecular weight is 407 g/mol. The Morgan fingerprint density at radius 2 is 1.30 bits per heavy atom. The molecule has 0 radical (unpaired) electrons. The number of hydrogen-bond acceptors (Lipinski definition) is 5. The van der Waals surface area contributed by atoms with Crippen molar-refractivity contribution in [3.8, 4) is 0 Å². The van der Waals surface area contributed by atoms with E-state index in [1.54, 1.807) is 0 Å². The summed E-state index contributed by atoms with van der Waals surface area (Å²) in [5.41, 5.74) is 1.76. The molecule has 132 valence electrons. The molecule has 0 saturated carbocycles. The number of rotatable bonds is 4. The molecule has 0 fully saturated rings. The molecule has 7 heteroatoms. The molecular weight excluding hydrogens is 393 g/mol. The van der Waals surface area contributed by atoms with Gasteiger partial charge in [-0.05, 0) is 36.4 Å². The van der Waals surface area contributed by atoms with Crippen LogP contribution >= 0.6 is 30.0 Å². The first-order valence-electron chi connectivity index (χ1n) is 8.38. The fourth-order valence-corrected chi connectivity index (χ4v) is 7.77. The summed E-state index contributed by atoms with van der Waals surface area (Å²) in [5.74, 6) is 0. The van der Waals surface area contributed by atoms with Crippen molar-refractivity contribution in [2.75, 3.05) is 5.09 Å². The van der Waals surface area contributed by atoms with Crippen molar-refractivity contribution < 1.29 is 4.57 Å². The van der Waals surface area contributed by atoms with Crippen LogP contribution in [0.15, 0.2) is 78.9 Å². The second kappa shape index (κ2) is 6.57. The minimum atomic E-state index is -3.17. The maximum Gasteiger partial charge on any atom is 0.256 e. The van der Waals surface area contributed by atoms with Gasteiger partial charge in [-0.1, -0.05) is 53.8 Å². The molecule has 3 aromatic carbocycles. The molecule has 2 aromatic heterocycles. The van der Waals surface area contributed by atoms with Crippen molar-refractivity contribution in [1.82, 2.24) is 9.97 Å². The number of hydrogen-bond donors (Lipinski definition) is 1. The molecule has 0 bridgehead atoms. The quantitative estimate of drug-likeness (QED) is 0.414. The monoisotopic (exact) mass is 407 g/mol. The highest BCUT2D eigenvalue weighted by molar-refractivity contribution is 7.84. The number of thiazole rings is 2. The lowest BCUT2D eigenvalue weighted by Gasteiger charge is -2.16. The second-order valence-corrected chi connectivity index (χ2v) is 10.8. The van der Waals surface area contributed by atoms with E-state index in [1.807, 2.05) is 78.9 Å². The largest absolute Gasteiger partial charge is 0.303 e. The van der Waals surface area contributed by atoms with Crippen LogP contribution in [0.1, 0.15) is 0 Å². The lowest BCUT2D eigenvalue weighted by atomic mass is 10.3. The third-order valence-corrected chi connectivity index (χ3v) is 9.40. The summed E-state index contributed by atoms with van der Waals surface area (Å²) in [6.45, 7) is 0. The minimum absolute atomic E-state index is 0.592. The Labute approximate surface area is 164 Å². The van der Waals surface area contributed by atoms with E-state index < -0.39 is 7.29 Å². The molecule has 0 amide bonds. The van der Waals surface area contributed by atoms with E-state index in [0.717, 1.165) is 25.7 Å². The third kappa shape index (κ3) is 2.96. The van der Waals surface area contributed by atoms with Gasteiger partial charge in [0.05, 0.1) is 20.4 Å². The summed E-state index contributed by atoms with van der Waals surface area (Å²) in [6.07, 6.45) is 0. The van der Waals surface area contributed by atoms with Gasteiger partial charge in [0, 0.05) is 5.30 Å². The van der Waals surface area contributed by atoms with E-state index in [-0.39, 0.29) is 0 Å². The van der Waals surface area contributed by atoms with Gasteiger partial charge in [-0.15, -0.1) is 11.3 Å². The van der Waals surface area contributed by atoms with Crippen LogP contribution in [0.2, 0.25) is 0 Å². The number of nitrogens with one attached hydrogen (secondary N) is 1. The predicted octanol–water partition coefficient (Wildman–Crippen LogP) is 5.25. The van der Waals surface area contributed by atoms with Crippen LogP contribution < -0.4 is 15.1 Å². The van der Waals surface area contributed by atoms with Gasteiger partial charge in [0.2, 0.25) is 0 Å². The Kier molecular flexibility index (Phi) is 4.05. The van der Waals surface area contributed by atoms with Gasteiger partial charge in [0.15, 0.2) is 9.88 Å². The van der Waals surface area contributed by atoms with Crippen molar-refractivity contribution in [3.63, 3.8) is 0 Å². The first kappa shape index (κ1) is 16.6. The van der Waals surface area contributed by atoms with Gasteiger partial charge in [0.1, 0.15) is 0 Å². The molecule has 0 saturated heterocycles. The number of para-hydroxylation sites is 2. The third-order valence-electron chi connectivity index (χ3n) is 4.22. The van der Waals surface area contributed by atoms with Crippen LogP contribution in [0.25, 0.3) is 20.4 Å². The van der Waals surface area contributed by atoms with Crippen molar-refractivity contribution in [2.24, 2.45) is 0 Å². The van der Waals surface area contributed by atoms with Crippen LogP contribution in [-0.4, -0.2) is 9.97 Å². The average Bonchev–Trinajstić information content (AvgIpc) is 3.32. The predicted molar refractivity (Wildman–Crippen MR) is 116 cm³/mol. The first-order valence-corrected chi connectivity index (χ1v) is 11.7. The Balaban J connectivity index is 1.67. The van der Waals surface area contributed by atoms with Crippen molar-refractivity contribution in [1.29, 1.82) is 0 Å². The van der Waals surface area contributed by atoms with Gasteiger partial charge < -0.3 is 5.09 Å². The minimum Gasteiger partial charge on any atom is -0.303 e. The Morgan fingerprint density at radius 1 is 0.704 bits per heavy atom. The standard InChI is InChI=1S/C20H14N3OPS2/c24-25(14-8-2-1-3-9-14,20-22-16-11-5-7-13-18(16)27-20)23-19-21-15-10-4-6-12-17(15)26-19/h1-13H,(H,21,23,24). The van der Waals surface area contributed by atoms with Crippen LogP contribution in [0.5, 0.6) is 0 Å². The first-order chi connectivity index (χ1) is 13.2. The fraction of sp³-hybridized carbons (Fsp3) is 0. The molecule has 0 aliphatic rings. The van der Waals surface area contributed by atoms with Gasteiger partial charge in [-0.25, -0.2) is 9.97 Å². The summed E-state index contributed by atoms with van der Waals surface area (Å²) in [4.78, 5) is 9.30. The second-order valence-electron chi connectivity index (χ2n) is 6.01. The molecular formula is C20H14N3OPS2. The lowest BCUT2D eigenvalue weighted by molar-refractivity contribution is 0.590. The summed E-state index contributed by atoms with van der Waals surface area (Å²) < 4.78 is 16.9. The van der Waals surface area contributed by atoms with Crippen molar-refractivity contribution in [3.05, 3.63) is 78.9 Å². The van der Waals surface area contributed by atoms with Crippen LogP contribution in [0.3, 0.4) is 0 Å². The molecule has 27 heavy (non-hydrogen) atoms. The molecule has 1 N–H and O–H groups in total. The number of benzene rings is 3. The van der Waals surface area contributed by atoms with E-state index in [2.05, 4.69) is 15.1 Å². The molecule has 1 atom stereocenters. The van der Waals surface area contributed by atoms with E-state index in [4.69, 9.17) is 0 Å². The summed E-state index contributed by atoms with van der Waals surface area (Å²) in [6, 6.07) is 25.3. The molecule has 1 unspecified atom stereocenters. The summed E-state index contributed by atoms with van der Waals surface area (Å²) >= 11 is 2.97. The molecule has 5 rings (SSSR count). The molecule has 5 aromatic rings. The maximum absolute atomic E-state index is 14.2. The van der Waals surface area contributed by atoms with Crippen LogP contribution in [-0.2, 0) is 4.57 Å². The highest BCUT2D eigenvalue weighted by atomic mass is 32.1. The SMILES string of the molecule is O=P(Nc1nc2ccccc2s1)(c1ccccc1)c1nc2ccccc2s1. The zero-order valence-electron chi connectivity index (χ0n) is 14.1. The molecule has 0 spiro atoms. The normalized spacial score (nSPS) is 13.6. The van der Waals surface area contributed by atoms with Gasteiger partial charge in [0.25, 0.3) is 7.29 Å². The van der Waals surface area contributed by atoms with E-state index >= 15 is 0 Å². The lowest BCUT2D eigenvalue weighted by Crippen LogP contribution is -2.21. The topological polar surface area (TPSA) is 54.9 Å². The number of nitrogens with zero attached hydrogens (tertiary/aromatic N) is 2. The van der Waals surface area contributed by atoms with Gasteiger partial charge in [-0.3, -0.25) is 4.57 Å². The molecule has 0 aliphatic heterocycles. The van der Waals surface area contributed by atoms with E-state index in [9.17, 15) is 4.57 Å². The Morgan fingerprint density at radius 3 is 1.96 bits per heavy atom. The van der Waals surface area contributed by atoms with Crippen LogP contribution in [0.4, 0.5) is 5.13 Å². The molecule has 0 aliphatic carbocycles. The van der Waals surface area contributed by atoms with Crippen LogP contribution in [0, 0.1) is 0 Å². The van der Waals surface area contributed by atoms with E-state index in [1.165, 1.54) is 22.7 Å². The highest BCUT2D eigenvalue weighted by Crippen LogP contribution is 2.46. The zero-order valence-corrected chi connectivity index (χ0v) is 16.6. The summed E-state index contributed by atoms with van der Waals surface area (Å²) in [7, 11) is -3.17. The molecule has 2 heterocycles. The summed E-state index contributed by atoms with van der Waals surface area (Å²) in [5, 5.41) is 4.62. The van der Waals surface area contributed by atoms with Crippen molar-refractivity contribution >= 4 is 65.6 Å². The van der Waals surface area contributed by atoms with E-state index in [0.29, 0.717) is 9.88 Å². The van der Waals surface area contributed by atoms with Gasteiger partial charge in [-0.2, -0.15) is 0 Å². The maximum atomic E-state index is 14.2. The Bertz CT molecular complexity index is 1230. The number of aromatic nitrogens is 2.